The van der Waals surface area contributed by atoms with Crippen molar-refractivity contribution in [2.75, 3.05) is 4.81 Å². The predicted octanol–water partition coefficient (Wildman–Crippen LogP) is 16.0. The van der Waals surface area contributed by atoms with Crippen LogP contribution in [0, 0.1) is 6.92 Å². The fourth-order valence-corrected chi connectivity index (χ4v) is 14.5. The molecule has 0 atom stereocenters. The fraction of sp³-hybridized carbons (Fsp3) is 0.288. The molecule has 13 rings (SSSR count). The average molecular weight is 867 g/mol. The van der Waals surface area contributed by atoms with Crippen LogP contribution in [0.2, 0.25) is 0 Å². The summed E-state index contributed by atoms with van der Waals surface area (Å²) < 4.78 is 8.13. The normalized spacial score (nSPS) is 16.4. The van der Waals surface area contributed by atoms with E-state index in [9.17, 15) is 0 Å². The van der Waals surface area contributed by atoms with E-state index in [0.717, 1.165) is 0 Å². The Kier molecular flexibility index (Phi) is 7.63. The quantitative estimate of drug-likeness (QED) is 0.149. The Morgan fingerprint density at radius 3 is 1.88 bits per heavy atom. The van der Waals surface area contributed by atoms with E-state index >= 15 is 0 Å². The standard InChI is InChI=1S/C59H55BN2S2/c1-32-26-40-41(59(10,11)25-24-58(40,8)9)31-45(32)62-44-22-23-48-51(35-16-12-14-18-46(35)63-48)50(44)39-30-49-52(36-17-13-15-19-47(36)64-49)55-53(39)60(62)42-29-34(57(5,6)7)28-38-37-27-33(56(2,3)4)20-21-43(37)61(55)54(38)42/h12-23,26-31H,24-25H2,1-11H3. The zero-order valence-electron chi connectivity index (χ0n) is 39.1. The van der Waals surface area contributed by atoms with Crippen molar-refractivity contribution in [3.63, 3.8) is 0 Å². The molecule has 5 heterocycles. The van der Waals surface area contributed by atoms with Gasteiger partial charge in [0.15, 0.2) is 0 Å². The summed E-state index contributed by atoms with van der Waals surface area (Å²) in [5.41, 5.74) is 19.5. The first-order chi connectivity index (χ1) is 30.4. The number of thiophene rings is 2. The smallest absolute Gasteiger partial charge is 0.333 e. The van der Waals surface area contributed by atoms with Crippen molar-refractivity contribution in [1.82, 2.24) is 4.57 Å². The van der Waals surface area contributed by atoms with Crippen molar-refractivity contribution in [1.29, 1.82) is 0 Å². The predicted molar refractivity (Wildman–Crippen MR) is 283 cm³/mol. The molecule has 0 fully saturated rings. The Hall–Kier alpha value is -5.36. The summed E-state index contributed by atoms with van der Waals surface area (Å²) in [5.74, 6) is 0. The molecule has 0 amide bonds. The highest BCUT2D eigenvalue weighted by atomic mass is 32.1. The van der Waals surface area contributed by atoms with Gasteiger partial charge in [-0.1, -0.05) is 124 Å². The van der Waals surface area contributed by atoms with Crippen LogP contribution in [0.3, 0.4) is 0 Å². The van der Waals surface area contributed by atoms with Crippen LogP contribution in [-0.2, 0) is 21.7 Å². The largest absolute Gasteiger partial charge is 0.376 e. The number of fused-ring (bicyclic) bond motifs is 16. The van der Waals surface area contributed by atoms with Crippen LogP contribution < -0.4 is 15.7 Å². The third-order valence-corrected chi connectivity index (χ3v) is 18.1. The zero-order chi connectivity index (χ0) is 44.1. The number of rotatable bonds is 1. The van der Waals surface area contributed by atoms with Crippen molar-refractivity contribution in [3.05, 3.63) is 137 Å². The van der Waals surface area contributed by atoms with Gasteiger partial charge in [-0.2, -0.15) is 0 Å². The summed E-state index contributed by atoms with van der Waals surface area (Å²) in [6.07, 6.45) is 2.38. The molecule has 3 aliphatic rings. The molecule has 10 aromatic rings. The summed E-state index contributed by atoms with van der Waals surface area (Å²) in [6, 6.07) is 43.6. The second-order valence-corrected chi connectivity index (χ2v) is 25.0. The molecule has 0 bridgehead atoms. The lowest BCUT2D eigenvalue weighted by molar-refractivity contribution is 0.332. The topological polar surface area (TPSA) is 8.17 Å². The van der Waals surface area contributed by atoms with Crippen LogP contribution in [0.1, 0.15) is 110 Å². The highest BCUT2D eigenvalue weighted by Crippen LogP contribution is 2.55. The van der Waals surface area contributed by atoms with Gasteiger partial charge in [0.1, 0.15) is 0 Å². The van der Waals surface area contributed by atoms with Crippen molar-refractivity contribution in [3.8, 4) is 16.8 Å². The number of aryl methyl sites for hydroxylation is 1. The molecule has 1 aliphatic carbocycles. The molecule has 316 valence electrons. The van der Waals surface area contributed by atoms with Gasteiger partial charge in [0.2, 0.25) is 0 Å². The van der Waals surface area contributed by atoms with Crippen LogP contribution >= 0.6 is 22.7 Å². The van der Waals surface area contributed by atoms with Gasteiger partial charge >= 0.3 is 6.85 Å². The number of hydrogen-bond acceptors (Lipinski definition) is 3. The molecule has 2 aliphatic heterocycles. The van der Waals surface area contributed by atoms with E-state index in [4.69, 9.17) is 0 Å². The lowest BCUT2D eigenvalue weighted by atomic mass is 9.43. The SMILES string of the molecule is Cc1cc2c(cc1N1B3c4c(cc5sc6ccccc6c5c4-n4c5ccc(C(C)(C)C)cc5c5cc(C(C)(C)C)cc3c54)-c3c1ccc1sc4ccccc4c31)C(C)(C)CCC2(C)C. The van der Waals surface area contributed by atoms with E-state index < -0.39 is 0 Å². The molecule has 0 saturated heterocycles. The number of anilines is 2. The average Bonchev–Trinajstić information content (AvgIpc) is 3.93. The fourth-order valence-electron chi connectivity index (χ4n) is 12.2. The summed E-state index contributed by atoms with van der Waals surface area (Å²) in [4.78, 5) is 2.84. The molecule has 0 spiro atoms. The van der Waals surface area contributed by atoms with E-state index in [1.165, 1.54) is 142 Å². The van der Waals surface area contributed by atoms with E-state index in [1.807, 2.05) is 22.7 Å². The van der Waals surface area contributed by atoms with E-state index in [2.05, 4.69) is 195 Å². The first-order valence-corrected chi connectivity index (χ1v) is 25.1. The Morgan fingerprint density at radius 2 is 1.19 bits per heavy atom. The molecule has 0 N–H and O–H groups in total. The summed E-state index contributed by atoms with van der Waals surface area (Å²) >= 11 is 3.89. The number of hydrogen-bond donors (Lipinski definition) is 0. The summed E-state index contributed by atoms with van der Waals surface area (Å²) in [7, 11) is 0. The Labute approximate surface area is 385 Å². The molecule has 3 aromatic heterocycles. The summed E-state index contributed by atoms with van der Waals surface area (Å²) in [5, 5.41) is 8.17. The third kappa shape index (κ3) is 5.09. The lowest BCUT2D eigenvalue weighted by Crippen LogP contribution is -2.61. The monoisotopic (exact) mass is 866 g/mol. The van der Waals surface area contributed by atoms with Gasteiger partial charge in [-0.25, -0.2) is 0 Å². The first-order valence-electron chi connectivity index (χ1n) is 23.4. The lowest BCUT2D eigenvalue weighted by Gasteiger charge is -2.46. The molecule has 0 radical (unpaired) electrons. The van der Waals surface area contributed by atoms with Gasteiger partial charge in [-0.15, -0.1) is 22.7 Å². The van der Waals surface area contributed by atoms with Crippen molar-refractivity contribution >= 4 is 114 Å². The second kappa shape index (κ2) is 12.5. The zero-order valence-corrected chi connectivity index (χ0v) is 40.7. The van der Waals surface area contributed by atoms with Crippen molar-refractivity contribution < 1.29 is 0 Å². The van der Waals surface area contributed by atoms with Crippen LogP contribution in [0.4, 0.5) is 11.4 Å². The molecule has 64 heavy (non-hydrogen) atoms. The maximum Gasteiger partial charge on any atom is 0.333 e. The number of nitrogens with zero attached hydrogens (tertiary/aromatic N) is 2. The van der Waals surface area contributed by atoms with Gasteiger partial charge < -0.3 is 9.38 Å². The van der Waals surface area contributed by atoms with Gasteiger partial charge in [0, 0.05) is 68.1 Å². The van der Waals surface area contributed by atoms with Gasteiger partial charge in [0.25, 0.3) is 0 Å². The van der Waals surface area contributed by atoms with Gasteiger partial charge in [-0.05, 0) is 140 Å². The molecular formula is C59H55BN2S2. The molecular weight excluding hydrogens is 812 g/mol. The van der Waals surface area contributed by atoms with Gasteiger partial charge in [0.05, 0.1) is 16.7 Å². The third-order valence-electron chi connectivity index (χ3n) is 15.8. The summed E-state index contributed by atoms with van der Waals surface area (Å²) in [6.45, 7) is 26.5. The Bertz CT molecular complexity index is 3720. The minimum atomic E-state index is -0.0666. The van der Waals surface area contributed by atoms with Crippen LogP contribution in [0.5, 0.6) is 0 Å². The van der Waals surface area contributed by atoms with Crippen molar-refractivity contribution in [2.45, 2.75) is 111 Å². The maximum absolute atomic E-state index is 2.84. The first kappa shape index (κ1) is 39.0. The molecule has 0 saturated carbocycles. The van der Waals surface area contributed by atoms with Crippen LogP contribution in [-0.4, -0.2) is 11.4 Å². The molecule has 2 nitrogen and oxygen atoms in total. The minimum Gasteiger partial charge on any atom is -0.376 e. The van der Waals surface area contributed by atoms with E-state index in [0.29, 0.717) is 0 Å². The molecule has 5 heteroatoms. The Morgan fingerprint density at radius 1 is 0.562 bits per heavy atom. The number of aromatic nitrogens is 1. The van der Waals surface area contributed by atoms with Crippen LogP contribution in [0.15, 0.2) is 109 Å². The highest BCUT2D eigenvalue weighted by Gasteiger charge is 2.47. The van der Waals surface area contributed by atoms with Gasteiger partial charge in [-0.3, -0.25) is 0 Å². The Balaban J connectivity index is 1.29. The van der Waals surface area contributed by atoms with Crippen molar-refractivity contribution in [2.24, 2.45) is 0 Å². The maximum atomic E-state index is 2.84. The highest BCUT2D eigenvalue weighted by molar-refractivity contribution is 7.26. The molecule has 7 aromatic carbocycles. The van der Waals surface area contributed by atoms with E-state index in [1.54, 1.807) is 0 Å². The second-order valence-electron chi connectivity index (χ2n) is 22.8. The number of benzene rings is 7. The van der Waals surface area contributed by atoms with E-state index in [-0.39, 0.29) is 28.5 Å². The molecule has 0 unspecified atom stereocenters. The minimum absolute atomic E-state index is 0.0139. The van der Waals surface area contributed by atoms with Crippen LogP contribution in [0.25, 0.3) is 79.0 Å².